The molecular weight excluding hydrogens is 416 g/mol. The summed E-state index contributed by atoms with van der Waals surface area (Å²) in [6, 6.07) is 14.5. The van der Waals surface area contributed by atoms with Gasteiger partial charge in [0.05, 0.1) is 12.7 Å². The van der Waals surface area contributed by atoms with Crippen molar-refractivity contribution in [2.24, 2.45) is 0 Å². The van der Waals surface area contributed by atoms with E-state index < -0.39 is 5.60 Å². The summed E-state index contributed by atoms with van der Waals surface area (Å²) in [6.07, 6.45) is 2.37. The molecule has 4 nitrogen and oxygen atoms in total. The summed E-state index contributed by atoms with van der Waals surface area (Å²) in [5, 5.41) is 13.3. The number of methoxy groups -OCH3 is 1. The highest BCUT2D eigenvalue weighted by Crippen LogP contribution is 2.52. The van der Waals surface area contributed by atoms with E-state index in [1.165, 1.54) is 22.2 Å². The third kappa shape index (κ3) is 2.49. The number of hydrogen-bond acceptors (Lipinski definition) is 3. The van der Waals surface area contributed by atoms with Crippen molar-refractivity contribution in [2.45, 2.75) is 30.3 Å². The number of halogens is 1. The number of benzene rings is 2. The first-order valence-electron chi connectivity index (χ1n) is 9.79. The number of β-amino-alcohol motifs (C(OH)–C–C–N with tert-alkyl or cyclic N) is 1. The first-order chi connectivity index (χ1) is 13.5. The average Bonchev–Trinajstić information content (AvgIpc) is 3.03. The normalized spacial score (nSPS) is 27.4. The Bertz CT molecular complexity index is 1060. The van der Waals surface area contributed by atoms with E-state index in [0.29, 0.717) is 13.0 Å². The van der Waals surface area contributed by atoms with Gasteiger partial charge in [-0.25, -0.2) is 0 Å². The summed E-state index contributed by atoms with van der Waals surface area (Å²) in [6.45, 7) is 1.64. The second kappa shape index (κ2) is 6.34. The molecule has 0 radical (unpaired) electrons. The number of H-pyrrole nitrogens is 1. The van der Waals surface area contributed by atoms with Gasteiger partial charge in [-0.2, -0.15) is 0 Å². The van der Waals surface area contributed by atoms with Crippen molar-refractivity contribution in [3.8, 4) is 5.75 Å². The lowest BCUT2D eigenvalue weighted by Gasteiger charge is -2.56. The van der Waals surface area contributed by atoms with Gasteiger partial charge in [0.1, 0.15) is 5.75 Å². The zero-order valence-electron chi connectivity index (χ0n) is 16.3. The van der Waals surface area contributed by atoms with Crippen LogP contribution >= 0.6 is 15.9 Å². The number of ether oxygens (including phenoxy) is 1. The molecule has 2 N–H and O–H groups in total. The van der Waals surface area contributed by atoms with Gasteiger partial charge in [-0.1, -0.05) is 34.1 Å². The monoisotopic (exact) mass is 440 g/mol. The minimum absolute atomic E-state index is 0.325. The van der Waals surface area contributed by atoms with Gasteiger partial charge in [0.25, 0.3) is 0 Å². The van der Waals surface area contributed by atoms with E-state index in [2.05, 4.69) is 63.2 Å². The Kier molecular flexibility index (Phi) is 4.13. The Balaban J connectivity index is 1.73. The molecule has 2 unspecified atom stereocenters. The molecule has 1 saturated heterocycles. The number of nitrogens with one attached hydrogen (secondary N) is 1. The van der Waals surface area contributed by atoms with E-state index >= 15 is 0 Å². The maximum atomic E-state index is 12.1. The smallest absolute Gasteiger partial charge is 0.119 e. The molecule has 1 fully saturated rings. The number of piperidine rings is 1. The van der Waals surface area contributed by atoms with E-state index in [0.717, 1.165) is 35.1 Å². The molecule has 1 aliphatic heterocycles. The van der Waals surface area contributed by atoms with Crippen molar-refractivity contribution in [3.05, 3.63) is 63.8 Å². The molecule has 2 aliphatic rings. The van der Waals surface area contributed by atoms with E-state index in [1.54, 1.807) is 7.11 Å². The Labute approximate surface area is 173 Å². The Hall–Kier alpha value is -1.82. The van der Waals surface area contributed by atoms with Crippen LogP contribution in [0, 0.1) is 0 Å². The summed E-state index contributed by atoms with van der Waals surface area (Å²) in [4.78, 5) is 5.91. The quantitative estimate of drug-likeness (QED) is 0.631. The number of aromatic nitrogens is 1. The molecule has 3 aromatic rings. The molecular formula is C23H25BrN2O2. The molecule has 28 heavy (non-hydrogen) atoms. The minimum Gasteiger partial charge on any atom is -0.497 e. The summed E-state index contributed by atoms with van der Waals surface area (Å²) < 4.78 is 6.59. The highest BCUT2D eigenvalue weighted by Gasteiger charge is 2.57. The van der Waals surface area contributed by atoms with E-state index in [9.17, 15) is 5.11 Å². The van der Waals surface area contributed by atoms with Gasteiger partial charge in [-0.3, -0.25) is 0 Å². The maximum absolute atomic E-state index is 12.1. The van der Waals surface area contributed by atoms with E-state index in [1.807, 2.05) is 12.1 Å². The zero-order chi connectivity index (χ0) is 19.5. The van der Waals surface area contributed by atoms with Crippen LogP contribution in [0.5, 0.6) is 5.75 Å². The molecule has 0 bridgehead atoms. The molecule has 2 heterocycles. The van der Waals surface area contributed by atoms with E-state index in [4.69, 9.17) is 4.74 Å². The second-order valence-corrected chi connectivity index (χ2v) is 9.29. The third-order valence-electron chi connectivity index (χ3n) is 6.88. The van der Waals surface area contributed by atoms with Crippen molar-refractivity contribution in [1.82, 2.24) is 9.88 Å². The van der Waals surface area contributed by atoms with Gasteiger partial charge in [-0.15, -0.1) is 0 Å². The molecule has 1 aliphatic carbocycles. The molecule has 0 saturated carbocycles. The number of hydrogen-bond donors (Lipinski definition) is 2. The Morgan fingerprint density at radius 1 is 1.18 bits per heavy atom. The van der Waals surface area contributed by atoms with Crippen LogP contribution in [0.3, 0.4) is 0 Å². The Morgan fingerprint density at radius 3 is 2.82 bits per heavy atom. The predicted octanol–water partition coefficient (Wildman–Crippen LogP) is 4.04. The first-order valence-corrected chi connectivity index (χ1v) is 10.6. The van der Waals surface area contributed by atoms with Crippen LogP contribution in [-0.2, 0) is 18.3 Å². The fourth-order valence-corrected chi connectivity index (χ4v) is 6.07. The number of aromatic amines is 1. The van der Waals surface area contributed by atoms with Gasteiger partial charge in [0.15, 0.2) is 0 Å². The number of rotatable bonds is 2. The molecule has 2 atom stereocenters. The topological polar surface area (TPSA) is 48.5 Å². The Morgan fingerprint density at radius 2 is 2.00 bits per heavy atom. The van der Waals surface area contributed by atoms with Crippen LogP contribution in [0.2, 0.25) is 0 Å². The fraction of sp³-hybridized carbons (Fsp3) is 0.391. The lowest BCUT2D eigenvalue weighted by atomic mass is 9.56. The standard InChI is InChI=1S/C23H25BrN2O2/c1-26-10-9-22(15-5-3-6-16(11-15)28-2)13-20-17(12-23(22,27)14-26)21-18(24)7-4-8-19(21)25-20/h3-8,11,25,27H,9-10,12-14H2,1-2H3. The van der Waals surface area contributed by atoms with Crippen LogP contribution in [0.1, 0.15) is 23.2 Å². The minimum atomic E-state index is -0.830. The van der Waals surface area contributed by atoms with E-state index in [-0.39, 0.29) is 5.41 Å². The number of aliphatic hydroxyl groups is 1. The highest BCUT2D eigenvalue weighted by atomic mass is 79.9. The van der Waals surface area contributed by atoms with Crippen molar-refractivity contribution in [2.75, 3.05) is 27.2 Å². The van der Waals surface area contributed by atoms with Gasteiger partial charge in [0, 0.05) is 45.9 Å². The van der Waals surface area contributed by atoms with Gasteiger partial charge in [0.2, 0.25) is 0 Å². The first kappa shape index (κ1) is 18.2. The van der Waals surface area contributed by atoms with Gasteiger partial charge in [-0.05, 0) is 55.4 Å². The van der Waals surface area contributed by atoms with Gasteiger partial charge < -0.3 is 19.7 Å². The fourth-order valence-electron chi connectivity index (χ4n) is 5.47. The lowest BCUT2D eigenvalue weighted by Crippen LogP contribution is -2.65. The van der Waals surface area contributed by atoms with Crippen LogP contribution in [0.15, 0.2) is 46.9 Å². The van der Waals surface area contributed by atoms with Crippen molar-refractivity contribution in [1.29, 1.82) is 0 Å². The van der Waals surface area contributed by atoms with Crippen molar-refractivity contribution >= 4 is 26.8 Å². The molecule has 1 aromatic heterocycles. The second-order valence-electron chi connectivity index (χ2n) is 8.43. The number of fused-ring (bicyclic) bond motifs is 4. The lowest BCUT2D eigenvalue weighted by molar-refractivity contribution is -0.0972. The van der Waals surface area contributed by atoms with Crippen LogP contribution in [0.25, 0.3) is 10.9 Å². The molecule has 5 heteroatoms. The molecule has 146 valence electrons. The largest absolute Gasteiger partial charge is 0.497 e. The zero-order valence-corrected chi connectivity index (χ0v) is 17.8. The highest BCUT2D eigenvalue weighted by molar-refractivity contribution is 9.10. The van der Waals surface area contributed by atoms with Crippen LogP contribution in [0.4, 0.5) is 0 Å². The molecule has 0 amide bonds. The summed E-state index contributed by atoms with van der Waals surface area (Å²) in [7, 11) is 3.81. The number of nitrogens with zero attached hydrogens (tertiary/aromatic N) is 1. The summed E-state index contributed by atoms with van der Waals surface area (Å²) in [5.41, 5.74) is 3.65. The number of likely N-dealkylation sites (N-methyl/N-ethyl adjacent to an activating group) is 1. The summed E-state index contributed by atoms with van der Waals surface area (Å²) in [5.74, 6) is 0.846. The third-order valence-corrected chi connectivity index (χ3v) is 7.54. The molecule has 2 aromatic carbocycles. The SMILES string of the molecule is COc1cccc(C23CCN(C)CC2(O)Cc2c([nH]c4cccc(Br)c24)C3)c1. The maximum Gasteiger partial charge on any atom is 0.119 e. The molecule has 0 spiro atoms. The average molecular weight is 441 g/mol. The van der Waals surface area contributed by atoms with Crippen LogP contribution in [-0.4, -0.2) is 47.8 Å². The molecule has 5 rings (SSSR count). The van der Waals surface area contributed by atoms with Crippen molar-refractivity contribution in [3.63, 3.8) is 0 Å². The number of likely N-dealkylation sites (tertiary alicyclic amines) is 1. The van der Waals surface area contributed by atoms with Crippen LogP contribution < -0.4 is 4.74 Å². The van der Waals surface area contributed by atoms with Crippen molar-refractivity contribution < 1.29 is 9.84 Å². The predicted molar refractivity (Wildman–Crippen MR) is 115 cm³/mol. The summed E-state index contributed by atoms with van der Waals surface area (Å²) >= 11 is 3.72. The van der Waals surface area contributed by atoms with Gasteiger partial charge >= 0.3 is 0 Å².